The molecule has 0 spiro atoms. The molecule has 0 unspecified atom stereocenters. The molecule has 0 aromatic heterocycles. The van der Waals surface area contributed by atoms with E-state index in [1.165, 1.54) is 24.3 Å². The summed E-state index contributed by atoms with van der Waals surface area (Å²) >= 11 is 0. The Morgan fingerprint density at radius 3 is 2.28 bits per heavy atom. The number of aliphatic hydroxyl groups excluding tert-OH is 4. The van der Waals surface area contributed by atoms with Gasteiger partial charge in [-0.3, -0.25) is 28.9 Å². The molecule has 15 nitrogen and oxygen atoms in total. The Labute approximate surface area is 266 Å². The van der Waals surface area contributed by atoms with Gasteiger partial charge in [0.2, 0.25) is 18.1 Å². The van der Waals surface area contributed by atoms with Crippen LogP contribution in [0.1, 0.15) is 58.4 Å². The van der Waals surface area contributed by atoms with Crippen LogP contribution >= 0.6 is 0 Å². The first kappa shape index (κ1) is 36.6. The van der Waals surface area contributed by atoms with E-state index < -0.39 is 54.6 Å². The van der Waals surface area contributed by atoms with Crippen molar-refractivity contribution < 1.29 is 58.6 Å². The van der Waals surface area contributed by atoms with E-state index in [9.17, 15) is 44.4 Å². The zero-order valence-corrected chi connectivity index (χ0v) is 26.1. The number of benzene rings is 1. The lowest BCUT2D eigenvalue weighted by Gasteiger charge is -2.39. The van der Waals surface area contributed by atoms with Crippen LogP contribution in [0.15, 0.2) is 30.4 Å². The molecule has 1 fully saturated rings. The van der Waals surface area contributed by atoms with Crippen molar-refractivity contribution >= 4 is 35.3 Å². The molecule has 1 aromatic rings. The molecule has 0 bridgehead atoms. The number of rotatable bonds is 15. The molecule has 2 aliphatic heterocycles. The number of esters is 1. The van der Waals surface area contributed by atoms with Gasteiger partial charge in [-0.25, -0.2) is 0 Å². The van der Waals surface area contributed by atoms with Gasteiger partial charge in [-0.1, -0.05) is 12.5 Å². The third-order valence-electron chi connectivity index (χ3n) is 7.25. The second-order valence-corrected chi connectivity index (χ2v) is 12.1. The lowest BCUT2D eigenvalue weighted by Crippen LogP contribution is -2.60. The molecule has 3 rings (SSSR count). The maximum atomic E-state index is 12.8. The average molecular weight is 650 g/mol. The number of nitrogens with one attached hydrogen (secondary N) is 2. The van der Waals surface area contributed by atoms with Crippen molar-refractivity contribution in [1.29, 1.82) is 0 Å². The van der Waals surface area contributed by atoms with Crippen molar-refractivity contribution in [3.63, 3.8) is 0 Å². The summed E-state index contributed by atoms with van der Waals surface area (Å²) < 4.78 is 16.5. The summed E-state index contributed by atoms with van der Waals surface area (Å²) in [5.41, 5.74) is -0.125. The molecule has 0 saturated carbocycles. The topological polar surface area (TPSA) is 221 Å². The predicted octanol–water partition coefficient (Wildman–Crippen LogP) is -0.115. The van der Waals surface area contributed by atoms with Gasteiger partial charge >= 0.3 is 5.97 Å². The fourth-order valence-corrected chi connectivity index (χ4v) is 4.52. The molecule has 254 valence electrons. The molecule has 46 heavy (non-hydrogen) atoms. The van der Waals surface area contributed by atoms with Gasteiger partial charge in [0.15, 0.2) is 0 Å². The second-order valence-electron chi connectivity index (χ2n) is 12.1. The minimum absolute atomic E-state index is 0.0146. The number of unbranched alkanes of at least 4 members (excludes halogenated alkanes) is 2. The van der Waals surface area contributed by atoms with E-state index >= 15 is 0 Å². The molecule has 1 saturated heterocycles. The summed E-state index contributed by atoms with van der Waals surface area (Å²) in [4.78, 5) is 61.6. The largest absolute Gasteiger partial charge is 0.460 e. The van der Waals surface area contributed by atoms with Crippen LogP contribution < -0.4 is 15.4 Å². The van der Waals surface area contributed by atoms with Crippen molar-refractivity contribution in [3.05, 3.63) is 35.9 Å². The zero-order valence-electron chi connectivity index (χ0n) is 26.1. The Balaban J connectivity index is 1.55. The first-order valence-electron chi connectivity index (χ1n) is 15.1. The Bertz CT molecular complexity index is 1270. The molecule has 6 N–H and O–H groups in total. The third-order valence-corrected chi connectivity index (χ3v) is 7.25. The van der Waals surface area contributed by atoms with Gasteiger partial charge in [0.05, 0.1) is 17.7 Å². The number of aliphatic hydroxyl groups is 4. The Morgan fingerprint density at radius 1 is 0.935 bits per heavy atom. The molecule has 1 aromatic carbocycles. The van der Waals surface area contributed by atoms with Gasteiger partial charge in [-0.05, 0) is 51.3 Å². The van der Waals surface area contributed by atoms with Crippen LogP contribution in [0.4, 0.5) is 5.69 Å². The van der Waals surface area contributed by atoms with E-state index in [1.54, 1.807) is 26.8 Å². The number of hydrogen-bond donors (Lipinski definition) is 6. The molecule has 0 aliphatic carbocycles. The van der Waals surface area contributed by atoms with Gasteiger partial charge < -0.3 is 45.3 Å². The van der Waals surface area contributed by atoms with E-state index in [0.717, 1.165) is 4.90 Å². The van der Waals surface area contributed by atoms with Crippen molar-refractivity contribution in [2.45, 2.75) is 90.2 Å². The van der Waals surface area contributed by atoms with Crippen LogP contribution in [0, 0.1) is 5.41 Å². The van der Waals surface area contributed by atoms with Gasteiger partial charge in [0.1, 0.15) is 36.8 Å². The summed E-state index contributed by atoms with van der Waals surface area (Å²) in [6, 6.07) is 4.49. The smallest absolute Gasteiger partial charge is 0.311 e. The minimum atomic E-state index is -1.69. The summed E-state index contributed by atoms with van der Waals surface area (Å²) in [6.45, 7) is 4.66. The van der Waals surface area contributed by atoms with Gasteiger partial charge in [0, 0.05) is 38.1 Å². The third kappa shape index (κ3) is 10.3. The standard InChI is InChI=1S/C31H43N3O12/c1-31(2,3)30(43)44-17-18-8-9-20(45-29-28(42)27(41)26(40)21(16-35)46-29)19(15-18)33-23(37)12-13-32-22(36)7-5-4-6-14-34-24(38)10-11-25(34)39/h8-11,15,21,26-29,35,40-42H,4-7,12-14,16-17H2,1-3H3,(H,32,36)(H,33,37)/t21-,26+,27+,28-,29-/m1/s1. The van der Waals surface area contributed by atoms with Crippen molar-refractivity contribution in [2.24, 2.45) is 5.41 Å². The maximum absolute atomic E-state index is 12.8. The predicted molar refractivity (Wildman–Crippen MR) is 161 cm³/mol. The highest BCUT2D eigenvalue weighted by molar-refractivity contribution is 6.12. The highest BCUT2D eigenvalue weighted by Gasteiger charge is 2.45. The van der Waals surface area contributed by atoms with E-state index in [2.05, 4.69) is 10.6 Å². The first-order chi connectivity index (χ1) is 21.7. The fourth-order valence-electron chi connectivity index (χ4n) is 4.52. The van der Waals surface area contributed by atoms with Crippen molar-refractivity contribution in [3.8, 4) is 5.75 Å². The Kier molecular flexibility index (Phi) is 13.2. The molecule has 2 aliphatic rings. The molecule has 4 amide bonds. The zero-order chi connectivity index (χ0) is 34.0. The van der Waals surface area contributed by atoms with E-state index in [0.29, 0.717) is 24.8 Å². The average Bonchev–Trinajstić information content (AvgIpc) is 3.32. The summed E-state index contributed by atoms with van der Waals surface area (Å²) in [7, 11) is 0. The SMILES string of the molecule is CC(C)(C)C(=O)OCc1ccc(O[C@@H]2O[C@H](CO)[C@H](O)[C@H](O)[C@H]2O)c(NC(=O)CCNC(=O)CCCCCN2C(=O)C=CC2=O)c1. The highest BCUT2D eigenvalue weighted by Crippen LogP contribution is 2.31. The van der Waals surface area contributed by atoms with E-state index in [1.807, 2.05) is 0 Å². The normalized spacial score (nSPS) is 22.9. The molecular weight excluding hydrogens is 606 g/mol. The summed E-state index contributed by atoms with van der Waals surface area (Å²) in [5, 5.41) is 45.4. The second kappa shape index (κ2) is 16.6. The number of anilines is 1. The molecule has 15 heteroatoms. The monoisotopic (exact) mass is 649 g/mol. The number of amides is 4. The Hall–Kier alpha value is -3.89. The minimum Gasteiger partial charge on any atom is -0.460 e. The molecule has 2 heterocycles. The van der Waals surface area contributed by atoms with E-state index in [-0.39, 0.29) is 61.7 Å². The lowest BCUT2D eigenvalue weighted by molar-refractivity contribution is -0.277. The quantitative estimate of drug-likeness (QED) is 0.0832. The maximum Gasteiger partial charge on any atom is 0.311 e. The van der Waals surface area contributed by atoms with Crippen molar-refractivity contribution in [2.75, 3.05) is 25.0 Å². The first-order valence-corrected chi connectivity index (χ1v) is 15.1. The number of carbonyl (C=O) groups excluding carboxylic acids is 5. The lowest BCUT2D eigenvalue weighted by atomic mass is 9.97. The van der Waals surface area contributed by atoms with Crippen LogP contribution in [-0.4, -0.2) is 105 Å². The molecule has 0 radical (unpaired) electrons. The molecule has 5 atom stereocenters. The van der Waals surface area contributed by atoms with Crippen LogP contribution in [0.25, 0.3) is 0 Å². The number of hydrogen-bond acceptors (Lipinski definition) is 12. The number of nitrogens with zero attached hydrogens (tertiary/aromatic N) is 1. The highest BCUT2D eigenvalue weighted by atomic mass is 16.7. The fraction of sp³-hybridized carbons (Fsp3) is 0.581. The van der Waals surface area contributed by atoms with Gasteiger partial charge in [-0.2, -0.15) is 0 Å². The Morgan fingerprint density at radius 2 is 1.63 bits per heavy atom. The summed E-state index contributed by atoms with van der Waals surface area (Å²) in [6.07, 6.45) is -3.40. The molecular formula is C31H43N3O12. The number of carbonyl (C=O) groups is 5. The van der Waals surface area contributed by atoms with Gasteiger partial charge in [0.25, 0.3) is 11.8 Å². The number of imide groups is 1. The van der Waals surface area contributed by atoms with Crippen LogP contribution in [0.5, 0.6) is 5.75 Å². The van der Waals surface area contributed by atoms with Gasteiger partial charge in [-0.15, -0.1) is 0 Å². The summed E-state index contributed by atoms with van der Waals surface area (Å²) in [5.74, 6) is -1.88. The van der Waals surface area contributed by atoms with Crippen molar-refractivity contribution in [1.82, 2.24) is 10.2 Å². The number of ether oxygens (including phenoxy) is 3. The van der Waals surface area contributed by atoms with Crippen LogP contribution in [-0.2, 0) is 40.1 Å². The van der Waals surface area contributed by atoms with E-state index in [4.69, 9.17) is 14.2 Å². The van der Waals surface area contributed by atoms with Crippen LogP contribution in [0.2, 0.25) is 0 Å². The van der Waals surface area contributed by atoms with Crippen LogP contribution in [0.3, 0.4) is 0 Å².